The summed E-state index contributed by atoms with van der Waals surface area (Å²) in [6.45, 7) is -1.54. The first-order valence-corrected chi connectivity index (χ1v) is 9.65. The molecular formula is C21H18F5N3O3. The van der Waals surface area contributed by atoms with Gasteiger partial charge in [-0.15, -0.1) is 0 Å². The highest BCUT2D eigenvalue weighted by Crippen LogP contribution is 2.56. The molecule has 32 heavy (non-hydrogen) atoms. The van der Waals surface area contributed by atoms with E-state index in [-0.39, 0.29) is 35.4 Å². The number of aromatic nitrogens is 1. The lowest BCUT2D eigenvalue weighted by Crippen LogP contribution is -2.43. The van der Waals surface area contributed by atoms with E-state index in [4.69, 9.17) is 10.5 Å². The van der Waals surface area contributed by atoms with E-state index in [2.05, 4.69) is 14.7 Å². The van der Waals surface area contributed by atoms with Crippen LogP contribution < -0.4 is 10.5 Å². The van der Waals surface area contributed by atoms with E-state index >= 15 is 0 Å². The van der Waals surface area contributed by atoms with Gasteiger partial charge in [0, 0.05) is 17.9 Å². The van der Waals surface area contributed by atoms with E-state index in [0.29, 0.717) is 5.56 Å². The fourth-order valence-electron chi connectivity index (χ4n) is 4.07. The molecule has 4 rings (SSSR count). The van der Waals surface area contributed by atoms with Crippen LogP contribution in [0.25, 0.3) is 0 Å². The summed E-state index contributed by atoms with van der Waals surface area (Å²) >= 11 is 0. The zero-order valence-corrected chi connectivity index (χ0v) is 16.7. The number of ether oxygens (including phenoxy) is 2. The average molecular weight is 455 g/mol. The predicted octanol–water partition coefficient (Wildman–Crippen LogP) is 3.75. The van der Waals surface area contributed by atoms with Crippen molar-refractivity contribution in [3.63, 3.8) is 0 Å². The van der Waals surface area contributed by atoms with Gasteiger partial charge in [0.05, 0.1) is 6.20 Å². The smallest absolute Gasteiger partial charge is 0.387 e. The number of Topliss-reactive ketones (excluding diaryl/α,β-unsaturated/α-hetero) is 1. The average Bonchev–Trinajstić information content (AvgIpc) is 3.47. The fourth-order valence-corrected chi connectivity index (χ4v) is 4.07. The van der Waals surface area contributed by atoms with Crippen molar-refractivity contribution in [1.29, 1.82) is 0 Å². The molecular weight excluding hydrogens is 437 g/mol. The maximum Gasteiger partial charge on any atom is 0.387 e. The van der Waals surface area contributed by atoms with Crippen LogP contribution >= 0.6 is 0 Å². The number of amidine groups is 1. The molecule has 3 atom stereocenters. The Morgan fingerprint density at radius 1 is 1.31 bits per heavy atom. The summed E-state index contributed by atoms with van der Waals surface area (Å²) in [6.07, 6.45) is -2.65. The summed E-state index contributed by atoms with van der Waals surface area (Å²) < 4.78 is 77.2. The van der Waals surface area contributed by atoms with Gasteiger partial charge in [-0.2, -0.15) is 8.78 Å². The molecule has 0 spiro atoms. The lowest BCUT2D eigenvalue weighted by molar-refractivity contribution is -0.0501. The summed E-state index contributed by atoms with van der Waals surface area (Å²) in [4.78, 5) is 20.4. The number of carbonyl (C=O) groups excluding carboxylic acids is 1. The van der Waals surface area contributed by atoms with E-state index in [1.165, 1.54) is 25.1 Å². The molecule has 1 fully saturated rings. The Hall–Kier alpha value is -3.24. The van der Waals surface area contributed by atoms with Crippen molar-refractivity contribution >= 4 is 11.8 Å². The number of halogens is 5. The molecule has 6 nitrogen and oxygen atoms in total. The van der Waals surface area contributed by atoms with Crippen molar-refractivity contribution in [2.24, 2.45) is 16.6 Å². The van der Waals surface area contributed by atoms with Crippen molar-refractivity contribution in [3.8, 4) is 5.75 Å². The highest BCUT2D eigenvalue weighted by molar-refractivity contribution is 5.97. The molecule has 2 aliphatic rings. The molecule has 0 radical (unpaired) electrons. The molecule has 1 aliphatic carbocycles. The van der Waals surface area contributed by atoms with E-state index in [9.17, 15) is 26.7 Å². The first-order valence-electron chi connectivity index (χ1n) is 9.65. The Kier molecular flexibility index (Phi) is 5.51. The summed E-state index contributed by atoms with van der Waals surface area (Å²) in [5.74, 6) is -2.34. The first kappa shape index (κ1) is 22.0. The van der Waals surface area contributed by atoms with Gasteiger partial charge in [-0.25, -0.2) is 23.1 Å². The zero-order valence-electron chi connectivity index (χ0n) is 16.7. The Bertz CT molecular complexity index is 1090. The lowest BCUT2D eigenvalue weighted by Gasteiger charge is -2.33. The number of aliphatic imine (C=N–C) groups is 1. The quantitative estimate of drug-likeness (QED) is 0.508. The standard InChI is InChI=1S/C21H18F5N3O3/c1-9-4-11(31-19(25)26)8-28-17(9)15(30)6-10-2-3-14(22)12(5-10)21(18(23)24)13-7-16(13)32-20(27)29-21/h2-5,8,13,16,18-19H,6-7H2,1H3,(H2,27,29)/t13-,16+,21+/m0/s1. The second kappa shape index (κ2) is 8.03. The molecule has 0 saturated heterocycles. The second-order valence-corrected chi connectivity index (χ2v) is 7.70. The summed E-state index contributed by atoms with van der Waals surface area (Å²) in [5.41, 5.74) is 3.56. The third kappa shape index (κ3) is 3.87. The van der Waals surface area contributed by atoms with Gasteiger partial charge < -0.3 is 15.2 Å². The number of alkyl halides is 4. The molecule has 1 saturated carbocycles. The molecule has 170 valence electrons. The van der Waals surface area contributed by atoms with Crippen LogP contribution in [0.1, 0.15) is 33.6 Å². The SMILES string of the molecule is Cc1cc(OC(F)F)cnc1C(=O)Cc1ccc(F)c([C@@]2(C(F)F)N=C(N)O[C@@H]3C[C@@H]32)c1. The molecule has 1 aromatic heterocycles. The number of hydrogen-bond donors (Lipinski definition) is 1. The number of hydrogen-bond acceptors (Lipinski definition) is 6. The maximum absolute atomic E-state index is 14.7. The molecule has 1 aromatic carbocycles. The lowest BCUT2D eigenvalue weighted by atomic mass is 9.83. The largest absolute Gasteiger partial charge is 0.462 e. The third-order valence-electron chi connectivity index (χ3n) is 5.57. The van der Waals surface area contributed by atoms with Crippen molar-refractivity contribution in [1.82, 2.24) is 4.98 Å². The Labute approximate surface area is 179 Å². The van der Waals surface area contributed by atoms with Crippen LogP contribution in [0.15, 0.2) is 35.5 Å². The number of rotatable bonds is 7. The minimum Gasteiger partial charge on any atom is -0.462 e. The van der Waals surface area contributed by atoms with Crippen molar-refractivity contribution in [2.75, 3.05) is 0 Å². The number of benzene rings is 1. The molecule has 1 aliphatic heterocycles. The molecule has 0 amide bonds. The van der Waals surface area contributed by atoms with Gasteiger partial charge in [-0.05, 0) is 42.7 Å². The number of aryl methyl sites for hydroxylation is 1. The number of fused-ring (bicyclic) bond motifs is 1. The monoisotopic (exact) mass is 455 g/mol. The minimum atomic E-state index is -3.05. The Morgan fingerprint density at radius 3 is 2.72 bits per heavy atom. The van der Waals surface area contributed by atoms with Crippen LogP contribution in [0.5, 0.6) is 5.75 Å². The molecule has 2 heterocycles. The van der Waals surface area contributed by atoms with Crippen LogP contribution in [0.3, 0.4) is 0 Å². The topological polar surface area (TPSA) is 86.8 Å². The third-order valence-corrected chi connectivity index (χ3v) is 5.57. The number of nitrogens with two attached hydrogens (primary N) is 1. The number of nitrogens with zero attached hydrogens (tertiary/aromatic N) is 2. The zero-order chi connectivity index (χ0) is 23.2. The predicted molar refractivity (Wildman–Crippen MR) is 102 cm³/mol. The van der Waals surface area contributed by atoms with Crippen LogP contribution in [0, 0.1) is 18.7 Å². The number of carbonyl (C=O) groups is 1. The van der Waals surface area contributed by atoms with Crippen LogP contribution in [0.4, 0.5) is 22.0 Å². The van der Waals surface area contributed by atoms with Crippen molar-refractivity contribution in [3.05, 3.63) is 58.7 Å². The Morgan fingerprint density at radius 2 is 2.06 bits per heavy atom. The number of pyridine rings is 1. The van der Waals surface area contributed by atoms with Crippen LogP contribution in [0.2, 0.25) is 0 Å². The van der Waals surface area contributed by atoms with Gasteiger partial charge >= 0.3 is 6.61 Å². The molecule has 2 N–H and O–H groups in total. The summed E-state index contributed by atoms with van der Waals surface area (Å²) in [7, 11) is 0. The van der Waals surface area contributed by atoms with E-state index < -0.39 is 48.2 Å². The number of ketones is 1. The van der Waals surface area contributed by atoms with Gasteiger partial charge in [-0.3, -0.25) is 4.79 Å². The molecule has 2 aromatic rings. The van der Waals surface area contributed by atoms with Gasteiger partial charge in [0.1, 0.15) is 23.4 Å². The van der Waals surface area contributed by atoms with Gasteiger partial charge in [-0.1, -0.05) is 6.07 Å². The van der Waals surface area contributed by atoms with Crippen LogP contribution in [-0.4, -0.2) is 35.9 Å². The second-order valence-electron chi connectivity index (χ2n) is 7.70. The van der Waals surface area contributed by atoms with E-state index in [1.807, 2.05) is 0 Å². The molecule has 11 heteroatoms. The maximum atomic E-state index is 14.7. The molecule has 0 unspecified atom stereocenters. The minimum absolute atomic E-state index is 0.00310. The van der Waals surface area contributed by atoms with Crippen molar-refractivity contribution in [2.45, 2.75) is 44.4 Å². The van der Waals surface area contributed by atoms with Crippen molar-refractivity contribution < 1.29 is 36.2 Å². The van der Waals surface area contributed by atoms with Gasteiger partial charge in [0.2, 0.25) is 0 Å². The summed E-state index contributed by atoms with van der Waals surface area (Å²) in [5, 5.41) is 0. The highest BCUT2D eigenvalue weighted by atomic mass is 19.3. The molecule has 0 bridgehead atoms. The van der Waals surface area contributed by atoms with Crippen LogP contribution in [-0.2, 0) is 16.7 Å². The van der Waals surface area contributed by atoms with E-state index in [1.54, 1.807) is 0 Å². The van der Waals surface area contributed by atoms with E-state index in [0.717, 1.165) is 12.3 Å². The Balaban J connectivity index is 1.64. The normalized spacial score (nSPS) is 24.1. The van der Waals surface area contributed by atoms with Gasteiger partial charge in [0.15, 0.2) is 11.3 Å². The van der Waals surface area contributed by atoms with Gasteiger partial charge in [0.25, 0.3) is 12.4 Å². The summed E-state index contributed by atoms with van der Waals surface area (Å²) in [6, 6.07) is 4.29. The highest BCUT2D eigenvalue weighted by Gasteiger charge is 2.64. The fraction of sp³-hybridized carbons (Fsp3) is 0.381. The first-order chi connectivity index (χ1) is 15.1.